The highest BCUT2D eigenvalue weighted by molar-refractivity contribution is 7.91. The number of benzene rings is 2. The molecular weight excluding hydrogens is 440 g/mol. The SMILES string of the molecule is CC(C)C[C@@H](C=O)NC(=O)[C@@H](NCS(=O)(=O)c1ccc(N=Nc2ccccc2)cc1)C(C)C. The summed E-state index contributed by atoms with van der Waals surface area (Å²) in [7, 11) is -3.69. The number of hydrogen-bond acceptors (Lipinski definition) is 7. The Kier molecular flexibility index (Phi) is 9.87. The Bertz CT molecular complexity index is 1040. The van der Waals surface area contributed by atoms with Crippen molar-refractivity contribution in [3.8, 4) is 0 Å². The standard InChI is InChI=1S/C24H32N4O4S/c1-17(2)14-21(15-29)26-24(30)23(18(3)4)25-16-33(31,32)22-12-10-20(11-13-22)28-27-19-8-6-5-7-9-19/h5-13,15,17-18,21,23,25H,14,16H2,1-4H3,(H,26,30)/t21-,23-/m0/s1. The van der Waals surface area contributed by atoms with Crippen molar-refractivity contribution in [2.45, 2.75) is 51.1 Å². The molecule has 0 aliphatic heterocycles. The number of azo groups is 1. The Morgan fingerprint density at radius 1 is 0.939 bits per heavy atom. The molecule has 0 heterocycles. The molecule has 0 aliphatic carbocycles. The average molecular weight is 473 g/mol. The van der Waals surface area contributed by atoms with E-state index in [0.29, 0.717) is 24.1 Å². The molecule has 178 valence electrons. The summed E-state index contributed by atoms with van der Waals surface area (Å²) in [4.78, 5) is 24.1. The largest absolute Gasteiger partial charge is 0.345 e. The van der Waals surface area contributed by atoms with Crippen molar-refractivity contribution in [2.75, 3.05) is 5.88 Å². The molecule has 0 aliphatic rings. The summed E-state index contributed by atoms with van der Waals surface area (Å²) in [6.07, 6.45) is 1.23. The van der Waals surface area contributed by atoms with Crippen LogP contribution in [0.3, 0.4) is 0 Å². The fourth-order valence-corrected chi connectivity index (χ4v) is 4.29. The first-order chi connectivity index (χ1) is 15.6. The highest BCUT2D eigenvalue weighted by Gasteiger charge is 2.26. The molecule has 2 aromatic rings. The van der Waals surface area contributed by atoms with Gasteiger partial charge in [0.05, 0.1) is 28.4 Å². The minimum atomic E-state index is -3.69. The van der Waals surface area contributed by atoms with Crippen LogP contribution in [0.5, 0.6) is 0 Å². The van der Waals surface area contributed by atoms with E-state index in [4.69, 9.17) is 0 Å². The van der Waals surface area contributed by atoms with Crippen LogP contribution in [0, 0.1) is 11.8 Å². The Balaban J connectivity index is 2.03. The van der Waals surface area contributed by atoms with Gasteiger partial charge in [-0.15, -0.1) is 0 Å². The molecule has 0 unspecified atom stereocenters. The average Bonchev–Trinajstić information content (AvgIpc) is 2.77. The quantitative estimate of drug-likeness (QED) is 0.355. The van der Waals surface area contributed by atoms with Gasteiger partial charge in [-0.2, -0.15) is 10.2 Å². The normalized spacial score (nSPS) is 13.9. The molecule has 2 atom stereocenters. The third-order valence-corrected chi connectivity index (χ3v) is 6.43. The lowest BCUT2D eigenvalue weighted by Gasteiger charge is -2.24. The van der Waals surface area contributed by atoms with Gasteiger partial charge in [-0.3, -0.25) is 10.1 Å². The van der Waals surface area contributed by atoms with E-state index in [9.17, 15) is 18.0 Å². The smallest absolute Gasteiger partial charge is 0.237 e. The van der Waals surface area contributed by atoms with Crippen molar-refractivity contribution in [3.05, 3.63) is 54.6 Å². The summed E-state index contributed by atoms with van der Waals surface area (Å²) in [5, 5.41) is 13.8. The summed E-state index contributed by atoms with van der Waals surface area (Å²) in [6.45, 7) is 7.55. The maximum absolute atomic E-state index is 12.8. The second-order valence-electron chi connectivity index (χ2n) is 8.60. The first-order valence-corrected chi connectivity index (χ1v) is 12.6. The van der Waals surface area contributed by atoms with Gasteiger partial charge in [0.25, 0.3) is 0 Å². The second kappa shape index (κ2) is 12.4. The highest BCUT2D eigenvalue weighted by Crippen LogP contribution is 2.20. The van der Waals surface area contributed by atoms with E-state index in [-0.39, 0.29) is 16.7 Å². The van der Waals surface area contributed by atoms with Crippen LogP contribution in [0.2, 0.25) is 0 Å². The van der Waals surface area contributed by atoms with Crippen LogP contribution in [-0.4, -0.2) is 38.6 Å². The molecule has 0 saturated carbocycles. The molecule has 0 fully saturated rings. The number of hydrogen-bond donors (Lipinski definition) is 2. The van der Waals surface area contributed by atoms with Crippen LogP contribution < -0.4 is 10.6 Å². The summed E-state index contributed by atoms with van der Waals surface area (Å²) in [5.41, 5.74) is 1.22. The minimum Gasteiger partial charge on any atom is -0.345 e. The van der Waals surface area contributed by atoms with Gasteiger partial charge in [0.1, 0.15) is 12.2 Å². The maximum atomic E-state index is 12.8. The molecule has 0 saturated heterocycles. The first kappa shape index (κ1) is 26.3. The minimum absolute atomic E-state index is 0.113. The number of carbonyl (C=O) groups excluding carboxylic acids is 2. The summed E-state index contributed by atoms with van der Waals surface area (Å²) < 4.78 is 25.6. The fraction of sp³-hybridized carbons (Fsp3) is 0.417. The molecule has 0 bridgehead atoms. The van der Waals surface area contributed by atoms with Crippen molar-refractivity contribution >= 4 is 33.4 Å². The summed E-state index contributed by atoms with van der Waals surface area (Å²) >= 11 is 0. The first-order valence-electron chi connectivity index (χ1n) is 10.9. The van der Waals surface area contributed by atoms with Crippen LogP contribution in [0.1, 0.15) is 34.1 Å². The van der Waals surface area contributed by atoms with Crippen LogP contribution in [0.15, 0.2) is 69.7 Å². The third kappa shape index (κ3) is 8.51. The molecule has 8 nitrogen and oxygen atoms in total. The van der Waals surface area contributed by atoms with Gasteiger partial charge in [-0.05, 0) is 54.7 Å². The van der Waals surface area contributed by atoms with Gasteiger partial charge in [-0.25, -0.2) is 8.42 Å². The van der Waals surface area contributed by atoms with Gasteiger partial charge < -0.3 is 10.1 Å². The Hall–Kier alpha value is -2.91. The van der Waals surface area contributed by atoms with Crippen molar-refractivity contribution in [3.63, 3.8) is 0 Å². The third-order valence-electron chi connectivity index (χ3n) is 4.89. The van der Waals surface area contributed by atoms with Gasteiger partial charge in [0, 0.05) is 0 Å². The van der Waals surface area contributed by atoms with E-state index in [2.05, 4.69) is 20.9 Å². The van der Waals surface area contributed by atoms with Gasteiger partial charge in [-0.1, -0.05) is 45.9 Å². The van der Waals surface area contributed by atoms with Crippen LogP contribution in [-0.2, 0) is 19.4 Å². The fourth-order valence-electron chi connectivity index (χ4n) is 3.17. The number of sulfone groups is 1. The number of nitrogens with zero attached hydrogens (tertiary/aromatic N) is 2. The lowest BCUT2D eigenvalue weighted by atomic mass is 10.0. The van der Waals surface area contributed by atoms with E-state index in [0.717, 1.165) is 0 Å². The van der Waals surface area contributed by atoms with Crippen LogP contribution in [0.25, 0.3) is 0 Å². The molecular formula is C24H32N4O4S. The van der Waals surface area contributed by atoms with E-state index in [1.165, 1.54) is 12.1 Å². The molecule has 2 aromatic carbocycles. The number of amides is 1. The van der Waals surface area contributed by atoms with Crippen LogP contribution in [0.4, 0.5) is 11.4 Å². The van der Waals surface area contributed by atoms with Crippen molar-refractivity contribution in [2.24, 2.45) is 22.1 Å². The van der Waals surface area contributed by atoms with E-state index >= 15 is 0 Å². The Labute approximate surface area is 195 Å². The molecule has 1 amide bonds. The van der Waals surface area contributed by atoms with Gasteiger partial charge in [0.15, 0.2) is 9.84 Å². The zero-order chi connectivity index (χ0) is 24.4. The number of rotatable bonds is 12. The molecule has 2 rings (SSSR count). The topological polar surface area (TPSA) is 117 Å². The molecule has 0 spiro atoms. The van der Waals surface area contributed by atoms with Crippen molar-refractivity contribution in [1.82, 2.24) is 10.6 Å². The lowest BCUT2D eigenvalue weighted by molar-refractivity contribution is -0.126. The monoisotopic (exact) mass is 472 g/mol. The highest BCUT2D eigenvalue weighted by atomic mass is 32.2. The molecule has 9 heteroatoms. The lowest BCUT2D eigenvalue weighted by Crippen LogP contribution is -2.52. The number of nitrogens with one attached hydrogen (secondary N) is 2. The van der Waals surface area contributed by atoms with E-state index < -0.39 is 33.7 Å². The molecule has 2 N–H and O–H groups in total. The molecule has 0 radical (unpaired) electrons. The Morgan fingerprint density at radius 3 is 2.03 bits per heavy atom. The predicted octanol–water partition coefficient (Wildman–Crippen LogP) is 4.18. The predicted molar refractivity (Wildman–Crippen MR) is 128 cm³/mol. The second-order valence-corrected chi connectivity index (χ2v) is 10.6. The van der Waals surface area contributed by atoms with Crippen molar-refractivity contribution in [1.29, 1.82) is 0 Å². The Morgan fingerprint density at radius 2 is 1.52 bits per heavy atom. The molecule has 0 aromatic heterocycles. The zero-order valence-corrected chi connectivity index (χ0v) is 20.2. The zero-order valence-electron chi connectivity index (χ0n) is 19.4. The van der Waals surface area contributed by atoms with Gasteiger partial charge in [0.2, 0.25) is 5.91 Å². The van der Waals surface area contributed by atoms with Crippen LogP contribution >= 0.6 is 0 Å². The summed E-state index contributed by atoms with van der Waals surface area (Å²) in [6, 6.07) is 13.9. The number of aldehydes is 1. The van der Waals surface area contributed by atoms with E-state index in [1.54, 1.807) is 12.1 Å². The summed E-state index contributed by atoms with van der Waals surface area (Å²) in [5.74, 6) is -0.743. The van der Waals surface area contributed by atoms with E-state index in [1.807, 2.05) is 58.0 Å². The molecule has 33 heavy (non-hydrogen) atoms. The number of carbonyl (C=O) groups is 2. The maximum Gasteiger partial charge on any atom is 0.237 e. The van der Waals surface area contributed by atoms with Crippen molar-refractivity contribution < 1.29 is 18.0 Å². The van der Waals surface area contributed by atoms with Gasteiger partial charge >= 0.3 is 0 Å².